The molecule has 0 fully saturated rings. The van der Waals surface area contributed by atoms with Crippen molar-refractivity contribution in [3.8, 4) is 0 Å². The highest BCUT2D eigenvalue weighted by molar-refractivity contribution is 5.76. The van der Waals surface area contributed by atoms with Gasteiger partial charge in [-0.3, -0.25) is 4.79 Å². The van der Waals surface area contributed by atoms with Gasteiger partial charge in [-0.2, -0.15) is 0 Å². The fourth-order valence-corrected chi connectivity index (χ4v) is 4.99. The summed E-state index contributed by atoms with van der Waals surface area (Å²) in [5.41, 5.74) is 0. The minimum absolute atomic E-state index is 0.136. The highest BCUT2D eigenvalue weighted by Gasteiger charge is 2.20. The van der Waals surface area contributed by atoms with E-state index in [1.807, 2.05) is 19.1 Å². The number of aliphatic hydroxyl groups excluding tert-OH is 5. The molecule has 0 bridgehead atoms. The molecular weight excluding hydrogens is 566 g/mol. The lowest BCUT2D eigenvalue weighted by Gasteiger charge is -2.22. The van der Waals surface area contributed by atoms with Crippen molar-refractivity contribution in [1.29, 1.82) is 0 Å². The summed E-state index contributed by atoms with van der Waals surface area (Å²) >= 11 is 0. The number of unbranched alkanes of at least 4 members (excludes halogenated alkanes) is 12. The van der Waals surface area contributed by atoms with Gasteiger partial charge in [-0.1, -0.05) is 158 Å². The van der Waals surface area contributed by atoms with Gasteiger partial charge >= 0.3 is 0 Å². The molecule has 7 nitrogen and oxygen atoms in total. The zero-order chi connectivity index (χ0) is 33.4. The molecule has 0 aromatic carbocycles. The van der Waals surface area contributed by atoms with E-state index in [0.29, 0.717) is 19.3 Å². The van der Waals surface area contributed by atoms with Crippen LogP contribution >= 0.6 is 0 Å². The summed E-state index contributed by atoms with van der Waals surface area (Å²) in [5, 5.41) is 53.0. The molecule has 1 amide bonds. The minimum Gasteiger partial charge on any atom is -0.394 e. The Morgan fingerprint density at radius 1 is 0.622 bits per heavy atom. The molecule has 0 saturated carbocycles. The van der Waals surface area contributed by atoms with Gasteiger partial charge in [0.25, 0.3) is 0 Å². The topological polar surface area (TPSA) is 130 Å². The second-order valence-electron chi connectivity index (χ2n) is 12.1. The van der Waals surface area contributed by atoms with Gasteiger partial charge in [-0.15, -0.1) is 0 Å². The minimum atomic E-state index is -1.06. The molecule has 0 aliphatic carbocycles. The largest absolute Gasteiger partial charge is 0.394 e. The summed E-state index contributed by atoms with van der Waals surface area (Å²) in [4.78, 5) is 12.3. The van der Waals surface area contributed by atoms with Crippen LogP contribution in [0.15, 0.2) is 60.8 Å². The first kappa shape index (κ1) is 43.0. The third-order valence-corrected chi connectivity index (χ3v) is 7.89. The highest BCUT2D eigenvalue weighted by atomic mass is 16.3. The Balaban J connectivity index is 4.03. The summed E-state index contributed by atoms with van der Waals surface area (Å²) in [6, 6.07) is -0.697. The van der Waals surface area contributed by atoms with Crippen LogP contribution in [0.25, 0.3) is 0 Å². The van der Waals surface area contributed by atoms with Crippen LogP contribution in [0.5, 0.6) is 0 Å². The molecule has 6 N–H and O–H groups in total. The van der Waals surface area contributed by atoms with Crippen molar-refractivity contribution in [2.24, 2.45) is 0 Å². The second kappa shape index (κ2) is 31.9. The third-order valence-electron chi connectivity index (χ3n) is 7.89. The van der Waals surface area contributed by atoms with E-state index in [0.717, 1.165) is 25.7 Å². The number of rotatable bonds is 30. The maximum atomic E-state index is 12.3. The summed E-state index contributed by atoms with van der Waals surface area (Å²) in [6.07, 6.45) is 33.5. The molecule has 260 valence electrons. The van der Waals surface area contributed by atoms with Crippen molar-refractivity contribution >= 4 is 5.91 Å². The normalized spacial score (nSPS) is 16.0. The average Bonchev–Trinajstić information content (AvgIpc) is 3.03. The first-order valence-corrected chi connectivity index (χ1v) is 17.8. The molecular formula is C38H67NO6. The monoisotopic (exact) mass is 633 g/mol. The molecule has 7 heteroatoms. The van der Waals surface area contributed by atoms with Crippen molar-refractivity contribution in [3.05, 3.63) is 60.8 Å². The lowest BCUT2D eigenvalue weighted by atomic mass is 10.0. The lowest BCUT2D eigenvalue weighted by Crippen LogP contribution is -2.45. The van der Waals surface area contributed by atoms with Gasteiger partial charge in [-0.05, 0) is 32.1 Å². The van der Waals surface area contributed by atoms with E-state index in [9.17, 15) is 30.3 Å². The highest BCUT2D eigenvalue weighted by Crippen LogP contribution is 2.14. The van der Waals surface area contributed by atoms with E-state index in [4.69, 9.17) is 0 Å². The molecule has 0 aromatic heterocycles. The Bertz CT molecular complexity index is 821. The first-order valence-electron chi connectivity index (χ1n) is 17.8. The number of carbonyl (C=O) groups is 1. The van der Waals surface area contributed by atoms with E-state index in [1.165, 1.54) is 70.3 Å². The molecule has 0 rings (SSSR count). The quantitative estimate of drug-likeness (QED) is 0.0283. The number of carbonyl (C=O) groups excluding carboxylic acids is 1. The van der Waals surface area contributed by atoms with Crippen LogP contribution in [0.4, 0.5) is 0 Å². The molecule has 0 spiro atoms. The van der Waals surface area contributed by atoms with Gasteiger partial charge in [0.2, 0.25) is 5.91 Å². The van der Waals surface area contributed by atoms with Crippen LogP contribution in [0.3, 0.4) is 0 Å². The summed E-state index contributed by atoms with van der Waals surface area (Å²) in [6.45, 7) is 3.97. The van der Waals surface area contributed by atoms with Crippen LogP contribution in [0, 0.1) is 0 Å². The number of hydrogen-bond acceptors (Lipinski definition) is 6. The zero-order valence-corrected chi connectivity index (χ0v) is 28.4. The third kappa shape index (κ3) is 28.0. The van der Waals surface area contributed by atoms with E-state index in [-0.39, 0.29) is 25.4 Å². The molecule has 0 aliphatic rings. The Morgan fingerprint density at radius 2 is 1.13 bits per heavy atom. The molecule has 0 heterocycles. The van der Waals surface area contributed by atoms with Gasteiger partial charge in [0, 0.05) is 6.42 Å². The van der Waals surface area contributed by atoms with Crippen molar-refractivity contribution in [2.45, 2.75) is 166 Å². The van der Waals surface area contributed by atoms with Gasteiger partial charge in [0.15, 0.2) is 0 Å². The fraction of sp³-hybridized carbons (Fsp3) is 0.711. The Kier molecular flexibility index (Phi) is 30.5. The summed E-state index contributed by atoms with van der Waals surface area (Å²) in [7, 11) is 0. The molecule has 0 unspecified atom stereocenters. The van der Waals surface area contributed by atoms with Crippen molar-refractivity contribution in [2.75, 3.05) is 6.61 Å². The molecule has 0 aliphatic heterocycles. The van der Waals surface area contributed by atoms with Crippen molar-refractivity contribution < 1.29 is 30.3 Å². The zero-order valence-electron chi connectivity index (χ0n) is 28.4. The smallest absolute Gasteiger partial charge is 0.220 e. The average molecular weight is 634 g/mol. The van der Waals surface area contributed by atoms with Gasteiger partial charge in [0.1, 0.15) is 0 Å². The van der Waals surface area contributed by atoms with Crippen molar-refractivity contribution in [3.63, 3.8) is 0 Å². The van der Waals surface area contributed by atoms with E-state index < -0.39 is 30.5 Å². The van der Waals surface area contributed by atoms with Crippen LogP contribution in [-0.2, 0) is 4.79 Å². The standard InChI is InChI=1S/C38H67NO6/c1-3-5-7-8-9-10-11-12-13-14-15-19-23-28-35(42)34(32-40)39-38(45)31-25-30-37(44)36(43)29-24-20-17-16-18-22-27-33(41)26-21-6-4-2/h6,16-18,20-22,24,27,29,33-37,40-44H,3-5,7-15,19,23,25-26,28,30-32H2,1-2H3,(H,39,45)/b18-16+,20-17-,21-6-,27-22+,29-24-/t33-,34-,35+,36+,37+/m0/s1. The Morgan fingerprint density at radius 3 is 1.69 bits per heavy atom. The van der Waals surface area contributed by atoms with Crippen LogP contribution < -0.4 is 5.32 Å². The van der Waals surface area contributed by atoms with Crippen molar-refractivity contribution in [1.82, 2.24) is 5.32 Å². The summed E-state index contributed by atoms with van der Waals surface area (Å²) < 4.78 is 0. The number of amides is 1. The molecule has 0 saturated heterocycles. The molecule has 0 aromatic rings. The van der Waals surface area contributed by atoms with Gasteiger partial charge in [0.05, 0.1) is 37.1 Å². The van der Waals surface area contributed by atoms with E-state index in [2.05, 4.69) is 12.2 Å². The number of nitrogens with one attached hydrogen (secondary N) is 1. The lowest BCUT2D eigenvalue weighted by molar-refractivity contribution is -0.123. The number of aliphatic hydroxyl groups is 5. The number of hydrogen-bond donors (Lipinski definition) is 6. The molecule has 45 heavy (non-hydrogen) atoms. The molecule has 5 atom stereocenters. The number of allylic oxidation sites excluding steroid dienone is 7. The SMILES string of the molecule is CC/C=C\C[C@H](O)/C=C/C=C/C=C\C=C/[C@@H](O)[C@H](O)CCCC(=O)N[C@@H](CO)[C@H](O)CCCCCCCCCCCCCCC. The Labute approximate surface area is 274 Å². The van der Waals surface area contributed by atoms with Crippen LogP contribution in [0.2, 0.25) is 0 Å². The van der Waals surface area contributed by atoms with E-state index in [1.54, 1.807) is 42.5 Å². The molecule has 0 radical (unpaired) electrons. The van der Waals surface area contributed by atoms with E-state index >= 15 is 0 Å². The Hall–Kier alpha value is -2.03. The predicted octanol–water partition coefficient (Wildman–Crippen LogP) is 7.14. The van der Waals surface area contributed by atoms with Gasteiger partial charge in [-0.25, -0.2) is 0 Å². The predicted molar refractivity (Wildman–Crippen MR) is 188 cm³/mol. The second-order valence-corrected chi connectivity index (χ2v) is 12.1. The fourth-order valence-electron chi connectivity index (χ4n) is 4.99. The first-order chi connectivity index (χ1) is 21.8. The maximum absolute atomic E-state index is 12.3. The van der Waals surface area contributed by atoms with Crippen LogP contribution in [0.1, 0.15) is 136 Å². The maximum Gasteiger partial charge on any atom is 0.220 e. The van der Waals surface area contributed by atoms with Gasteiger partial charge < -0.3 is 30.8 Å². The van der Waals surface area contributed by atoms with Crippen LogP contribution in [-0.4, -0.2) is 68.5 Å². The summed E-state index contributed by atoms with van der Waals surface area (Å²) in [5.74, 6) is -0.288.